The first-order valence-electron chi connectivity index (χ1n) is 12.0. The zero-order valence-corrected chi connectivity index (χ0v) is 20.9. The number of ether oxygens (including phenoxy) is 2. The molecule has 0 bridgehead atoms. The van der Waals surface area contributed by atoms with E-state index in [4.69, 9.17) is 14.6 Å². The fourth-order valence-electron chi connectivity index (χ4n) is 4.12. The number of amides is 1. The van der Waals surface area contributed by atoms with Gasteiger partial charge in [-0.2, -0.15) is 9.78 Å². The lowest BCUT2D eigenvalue weighted by molar-refractivity contribution is -0.132. The molecule has 0 aliphatic rings. The van der Waals surface area contributed by atoms with E-state index in [1.807, 2.05) is 97.1 Å². The molecule has 7 nitrogen and oxygen atoms in total. The predicted octanol–water partition coefficient (Wildman–Crippen LogP) is 6.39. The number of nitrogens with one attached hydrogen (secondary N) is 1. The molecule has 0 saturated carbocycles. The topological polar surface area (TPSA) is 82.4 Å². The molecule has 0 aliphatic carbocycles. The van der Waals surface area contributed by atoms with Gasteiger partial charge < -0.3 is 14.8 Å². The summed E-state index contributed by atoms with van der Waals surface area (Å²) >= 11 is 0. The SMILES string of the molecule is COc1cccc(-c2nn(-c3ccccc3)c(OC(C)=O)c2-c2ccc(NC(=O)c3ccccc3)cc2)c1. The minimum absolute atomic E-state index is 0.201. The largest absolute Gasteiger partial charge is 0.497 e. The number of anilines is 1. The quantitative estimate of drug-likeness (QED) is 0.260. The second kappa shape index (κ2) is 10.8. The van der Waals surface area contributed by atoms with Crippen molar-refractivity contribution in [2.75, 3.05) is 12.4 Å². The highest BCUT2D eigenvalue weighted by Gasteiger charge is 2.25. The Morgan fingerprint density at radius 1 is 0.789 bits per heavy atom. The van der Waals surface area contributed by atoms with Crippen molar-refractivity contribution in [3.05, 3.63) is 115 Å². The molecule has 0 radical (unpaired) electrons. The number of hydrogen-bond donors (Lipinski definition) is 1. The van der Waals surface area contributed by atoms with Crippen LogP contribution in [0, 0.1) is 0 Å². The summed E-state index contributed by atoms with van der Waals surface area (Å²) in [5.74, 6) is 0.304. The molecule has 0 atom stereocenters. The van der Waals surface area contributed by atoms with Crippen LogP contribution in [0.3, 0.4) is 0 Å². The molecule has 0 fully saturated rings. The van der Waals surface area contributed by atoms with E-state index in [-0.39, 0.29) is 5.91 Å². The molecule has 5 aromatic rings. The zero-order chi connectivity index (χ0) is 26.5. The summed E-state index contributed by atoms with van der Waals surface area (Å²) in [5, 5.41) is 7.79. The summed E-state index contributed by atoms with van der Waals surface area (Å²) in [4.78, 5) is 24.8. The van der Waals surface area contributed by atoms with Gasteiger partial charge >= 0.3 is 5.97 Å². The van der Waals surface area contributed by atoms with Crippen LogP contribution in [0.4, 0.5) is 5.69 Å². The Morgan fingerprint density at radius 3 is 2.13 bits per heavy atom. The van der Waals surface area contributed by atoms with Crippen LogP contribution >= 0.6 is 0 Å². The van der Waals surface area contributed by atoms with Gasteiger partial charge in [-0.15, -0.1) is 0 Å². The van der Waals surface area contributed by atoms with Crippen LogP contribution in [0.1, 0.15) is 17.3 Å². The van der Waals surface area contributed by atoms with E-state index in [0.29, 0.717) is 34.1 Å². The predicted molar refractivity (Wildman–Crippen MR) is 147 cm³/mol. The van der Waals surface area contributed by atoms with E-state index in [2.05, 4.69) is 5.32 Å². The van der Waals surface area contributed by atoms with Crippen molar-refractivity contribution < 1.29 is 19.1 Å². The number of rotatable bonds is 7. The van der Waals surface area contributed by atoms with Gasteiger partial charge in [-0.25, -0.2) is 0 Å². The average Bonchev–Trinajstić information content (AvgIpc) is 3.33. The van der Waals surface area contributed by atoms with Crippen LogP contribution < -0.4 is 14.8 Å². The fraction of sp³-hybridized carbons (Fsp3) is 0.0645. The molecule has 7 heteroatoms. The van der Waals surface area contributed by atoms with Gasteiger partial charge in [0.1, 0.15) is 11.4 Å². The van der Waals surface area contributed by atoms with E-state index in [0.717, 1.165) is 16.8 Å². The highest BCUT2D eigenvalue weighted by Crippen LogP contribution is 2.41. The van der Waals surface area contributed by atoms with Gasteiger partial charge in [0, 0.05) is 23.7 Å². The van der Waals surface area contributed by atoms with Crippen LogP contribution in [0.5, 0.6) is 11.6 Å². The van der Waals surface area contributed by atoms with Crippen molar-refractivity contribution >= 4 is 17.6 Å². The van der Waals surface area contributed by atoms with E-state index in [9.17, 15) is 9.59 Å². The number of hydrogen-bond acceptors (Lipinski definition) is 5. The van der Waals surface area contributed by atoms with Crippen LogP contribution in [-0.4, -0.2) is 28.8 Å². The molecule has 1 amide bonds. The Bertz CT molecular complexity index is 1580. The standard InChI is InChI=1S/C31H25N3O4/c1-21(35)38-31-28(22-16-18-25(19-17-22)32-30(36)23-10-5-3-6-11-23)29(24-12-9-15-27(20-24)37-2)33-34(31)26-13-7-4-8-14-26/h3-20H,1-2H3,(H,32,36). The molecule has 188 valence electrons. The van der Waals surface area contributed by atoms with E-state index >= 15 is 0 Å². The highest BCUT2D eigenvalue weighted by molar-refractivity contribution is 6.04. The average molecular weight is 504 g/mol. The Kier molecular flexibility index (Phi) is 6.99. The van der Waals surface area contributed by atoms with Gasteiger partial charge in [-0.05, 0) is 54.1 Å². The monoisotopic (exact) mass is 503 g/mol. The Morgan fingerprint density at radius 2 is 1.47 bits per heavy atom. The van der Waals surface area contributed by atoms with Crippen molar-refractivity contribution in [1.82, 2.24) is 9.78 Å². The molecule has 1 aromatic heterocycles. The molecule has 38 heavy (non-hydrogen) atoms. The lowest BCUT2D eigenvalue weighted by Crippen LogP contribution is -2.11. The van der Waals surface area contributed by atoms with Gasteiger partial charge in [0.25, 0.3) is 5.91 Å². The normalized spacial score (nSPS) is 10.6. The van der Waals surface area contributed by atoms with Crippen molar-refractivity contribution in [2.24, 2.45) is 0 Å². The second-order valence-electron chi connectivity index (χ2n) is 8.50. The number of aromatic nitrogens is 2. The second-order valence-corrected chi connectivity index (χ2v) is 8.50. The molecule has 1 N–H and O–H groups in total. The Labute approximate surface area is 220 Å². The zero-order valence-electron chi connectivity index (χ0n) is 20.9. The van der Waals surface area contributed by atoms with Gasteiger partial charge in [0.05, 0.1) is 18.4 Å². The van der Waals surface area contributed by atoms with Crippen molar-refractivity contribution in [3.8, 4) is 39.7 Å². The molecule has 0 unspecified atom stereocenters. The van der Waals surface area contributed by atoms with E-state index < -0.39 is 5.97 Å². The fourth-order valence-corrected chi connectivity index (χ4v) is 4.12. The first-order chi connectivity index (χ1) is 18.5. The number of carbonyl (C=O) groups is 2. The molecule has 0 aliphatic heterocycles. The lowest BCUT2D eigenvalue weighted by Gasteiger charge is -2.11. The van der Waals surface area contributed by atoms with Crippen LogP contribution in [0.2, 0.25) is 0 Å². The summed E-state index contributed by atoms with van der Waals surface area (Å²) in [6.07, 6.45) is 0. The summed E-state index contributed by atoms with van der Waals surface area (Å²) in [7, 11) is 1.61. The molecule has 0 spiro atoms. The van der Waals surface area contributed by atoms with Crippen molar-refractivity contribution in [1.29, 1.82) is 0 Å². The summed E-state index contributed by atoms with van der Waals surface area (Å²) in [5.41, 5.74) is 4.75. The Hall–Kier alpha value is -5.17. The maximum absolute atomic E-state index is 12.6. The molecule has 5 rings (SSSR count). The summed E-state index contributed by atoms with van der Waals surface area (Å²) in [6, 6.07) is 33.4. The van der Waals surface area contributed by atoms with Crippen LogP contribution in [-0.2, 0) is 4.79 Å². The first kappa shape index (κ1) is 24.5. The third-order valence-corrected chi connectivity index (χ3v) is 5.89. The van der Waals surface area contributed by atoms with Gasteiger partial charge in [-0.1, -0.05) is 60.7 Å². The van der Waals surface area contributed by atoms with Crippen LogP contribution in [0.15, 0.2) is 109 Å². The van der Waals surface area contributed by atoms with E-state index in [1.54, 1.807) is 23.9 Å². The number of carbonyl (C=O) groups excluding carboxylic acids is 2. The maximum atomic E-state index is 12.6. The summed E-state index contributed by atoms with van der Waals surface area (Å²) < 4.78 is 12.8. The number of para-hydroxylation sites is 1. The number of methoxy groups -OCH3 is 1. The third-order valence-electron chi connectivity index (χ3n) is 5.89. The van der Waals surface area contributed by atoms with Crippen molar-refractivity contribution in [2.45, 2.75) is 6.92 Å². The maximum Gasteiger partial charge on any atom is 0.309 e. The smallest absolute Gasteiger partial charge is 0.309 e. The van der Waals surface area contributed by atoms with Gasteiger partial charge in [0.2, 0.25) is 5.88 Å². The molecule has 1 heterocycles. The van der Waals surface area contributed by atoms with Gasteiger partial charge in [0.15, 0.2) is 0 Å². The Balaban J connectivity index is 1.62. The molecule has 0 saturated heterocycles. The van der Waals surface area contributed by atoms with Crippen molar-refractivity contribution in [3.63, 3.8) is 0 Å². The lowest BCUT2D eigenvalue weighted by atomic mass is 10.0. The number of nitrogens with zero attached hydrogens (tertiary/aromatic N) is 2. The minimum Gasteiger partial charge on any atom is -0.497 e. The minimum atomic E-state index is -0.465. The summed E-state index contributed by atoms with van der Waals surface area (Å²) in [6.45, 7) is 1.36. The molecule has 4 aromatic carbocycles. The third kappa shape index (κ3) is 5.17. The molecular formula is C31H25N3O4. The molecular weight excluding hydrogens is 478 g/mol. The van der Waals surface area contributed by atoms with Crippen LogP contribution in [0.25, 0.3) is 28.1 Å². The highest BCUT2D eigenvalue weighted by atomic mass is 16.5. The van der Waals surface area contributed by atoms with Gasteiger partial charge in [-0.3, -0.25) is 9.59 Å². The number of benzene rings is 4. The first-order valence-corrected chi connectivity index (χ1v) is 12.0. The van der Waals surface area contributed by atoms with E-state index in [1.165, 1.54) is 6.92 Å². The number of esters is 1.